The average Bonchev–Trinajstić information content (AvgIpc) is 3.20. The topological polar surface area (TPSA) is 82.6 Å². The molecule has 0 saturated carbocycles. The summed E-state index contributed by atoms with van der Waals surface area (Å²) in [5.41, 5.74) is 2.63. The van der Waals surface area contributed by atoms with Crippen LogP contribution in [0.5, 0.6) is 0 Å². The monoisotopic (exact) mass is 490 g/mol. The lowest BCUT2D eigenvalue weighted by Gasteiger charge is -2.36. The third-order valence-corrected chi connectivity index (χ3v) is 7.80. The molecule has 1 saturated heterocycles. The van der Waals surface area contributed by atoms with Crippen molar-refractivity contribution in [3.63, 3.8) is 0 Å². The zero-order valence-electron chi connectivity index (χ0n) is 17.5. The van der Waals surface area contributed by atoms with E-state index in [1.54, 1.807) is 29.6 Å². The molecule has 10 heteroatoms. The van der Waals surface area contributed by atoms with E-state index < -0.39 is 10.0 Å². The van der Waals surface area contributed by atoms with Crippen molar-refractivity contribution in [2.45, 2.75) is 18.2 Å². The van der Waals surface area contributed by atoms with Crippen LogP contribution in [0.3, 0.4) is 0 Å². The Bertz CT molecular complexity index is 1190. The van der Waals surface area contributed by atoms with Gasteiger partial charge in [-0.15, -0.1) is 11.3 Å². The zero-order valence-corrected chi connectivity index (χ0v) is 19.9. The summed E-state index contributed by atoms with van der Waals surface area (Å²) in [7, 11) is -3.71. The first-order valence-corrected chi connectivity index (χ1v) is 12.9. The Morgan fingerprint density at radius 1 is 1.06 bits per heavy atom. The Labute approximate surface area is 196 Å². The number of halogens is 1. The highest BCUT2D eigenvalue weighted by Gasteiger charge is 2.23. The molecule has 1 amide bonds. The second-order valence-corrected chi connectivity index (χ2v) is 10.6. The van der Waals surface area contributed by atoms with Crippen LogP contribution in [0.4, 0.5) is 10.8 Å². The van der Waals surface area contributed by atoms with E-state index in [4.69, 9.17) is 11.6 Å². The third-order valence-electron chi connectivity index (χ3n) is 5.26. The van der Waals surface area contributed by atoms with E-state index in [1.165, 1.54) is 11.3 Å². The fourth-order valence-electron chi connectivity index (χ4n) is 3.46. The van der Waals surface area contributed by atoms with Crippen molar-refractivity contribution in [1.29, 1.82) is 0 Å². The molecule has 2 heterocycles. The molecule has 7 nitrogen and oxygen atoms in total. The van der Waals surface area contributed by atoms with E-state index in [0.717, 1.165) is 24.3 Å². The number of amides is 1. The molecule has 0 bridgehead atoms. The number of benzene rings is 2. The number of hydrogen-bond acceptors (Lipinski definition) is 6. The molecular weight excluding hydrogens is 468 g/mol. The Morgan fingerprint density at radius 2 is 1.72 bits per heavy atom. The SMILES string of the molecule is Cc1ccc(S(=O)(=O)Nc2nc(CC(=O)N3CCN(c4ccc(Cl)cc4)CC3)cs2)cc1. The predicted octanol–water partition coefficient (Wildman–Crippen LogP) is 3.80. The molecular formula is C22H23ClN4O3S2. The lowest BCUT2D eigenvalue weighted by molar-refractivity contribution is -0.130. The normalized spacial score (nSPS) is 14.4. The highest BCUT2D eigenvalue weighted by Crippen LogP contribution is 2.22. The molecule has 0 aliphatic carbocycles. The lowest BCUT2D eigenvalue weighted by atomic mass is 10.2. The number of piperazine rings is 1. The highest BCUT2D eigenvalue weighted by atomic mass is 35.5. The molecule has 168 valence electrons. The number of nitrogens with one attached hydrogen (secondary N) is 1. The van der Waals surface area contributed by atoms with Crippen molar-refractivity contribution in [3.05, 3.63) is 70.2 Å². The predicted molar refractivity (Wildman–Crippen MR) is 128 cm³/mol. The van der Waals surface area contributed by atoms with Gasteiger partial charge in [0.2, 0.25) is 5.91 Å². The van der Waals surface area contributed by atoms with Gasteiger partial charge in [-0.3, -0.25) is 9.52 Å². The van der Waals surface area contributed by atoms with Crippen molar-refractivity contribution in [2.24, 2.45) is 0 Å². The summed E-state index contributed by atoms with van der Waals surface area (Å²) in [4.78, 5) is 21.2. The van der Waals surface area contributed by atoms with Crippen LogP contribution < -0.4 is 9.62 Å². The fourth-order valence-corrected chi connectivity index (χ4v) is 5.55. The maximum Gasteiger partial charge on any atom is 0.263 e. The molecule has 0 radical (unpaired) electrons. The summed E-state index contributed by atoms with van der Waals surface area (Å²) in [5, 5.41) is 2.67. The molecule has 1 fully saturated rings. The molecule has 4 rings (SSSR count). The minimum atomic E-state index is -3.71. The maximum absolute atomic E-state index is 12.7. The fraction of sp³-hybridized carbons (Fsp3) is 0.273. The van der Waals surface area contributed by atoms with E-state index in [9.17, 15) is 13.2 Å². The molecule has 0 atom stereocenters. The van der Waals surface area contributed by atoms with Crippen LogP contribution in [0.2, 0.25) is 5.02 Å². The van der Waals surface area contributed by atoms with Crippen molar-refractivity contribution >= 4 is 49.7 Å². The molecule has 1 aromatic heterocycles. The summed E-state index contributed by atoms with van der Waals surface area (Å²) in [6.07, 6.45) is 0.143. The Hall–Kier alpha value is -2.62. The summed E-state index contributed by atoms with van der Waals surface area (Å²) >= 11 is 7.12. The van der Waals surface area contributed by atoms with E-state index in [0.29, 0.717) is 23.8 Å². The number of thiazole rings is 1. The Kier molecular flexibility index (Phi) is 6.68. The second-order valence-electron chi connectivity index (χ2n) is 7.58. The number of anilines is 2. The smallest absolute Gasteiger partial charge is 0.263 e. The molecule has 0 spiro atoms. The number of carbonyl (C=O) groups excluding carboxylic acids is 1. The van der Waals surface area contributed by atoms with Crippen LogP contribution in [-0.4, -0.2) is 50.4 Å². The van der Waals surface area contributed by atoms with Crippen molar-refractivity contribution in [1.82, 2.24) is 9.88 Å². The minimum absolute atomic E-state index is 0.0148. The average molecular weight is 491 g/mol. The minimum Gasteiger partial charge on any atom is -0.368 e. The molecule has 2 aromatic carbocycles. The number of nitrogens with zero attached hydrogens (tertiary/aromatic N) is 3. The van der Waals surface area contributed by atoms with Gasteiger partial charge in [-0.05, 0) is 43.3 Å². The molecule has 3 aromatic rings. The summed E-state index contributed by atoms with van der Waals surface area (Å²) in [6, 6.07) is 14.3. The Balaban J connectivity index is 1.32. The van der Waals surface area contributed by atoms with Crippen LogP contribution in [0.25, 0.3) is 0 Å². The van der Waals surface area contributed by atoms with Gasteiger partial charge >= 0.3 is 0 Å². The first kappa shape index (κ1) is 22.6. The summed E-state index contributed by atoms with van der Waals surface area (Å²) in [6.45, 7) is 4.63. The molecule has 1 aliphatic rings. The lowest BCUT2D eigenvalue weighted by Crippen LogP contribution is -2.49. The van der Waals surface area contributed by atoms with E-state index >= 15 is 0 Å². The van der Waals surface area contributed by atoms with Gasteiger partial charge in [-0.25, -0.2) is 13.4 Å². The van der Waals surface area contributed by atoms with Crippen molar-refractivity contribution in [2.75, 3.05) is 35.8 Å². The van der Waals surface area contributed by atoms with Gasteiger partial charge in [0.1, 0.15) is 0 Å². The number of aromatic nitrogens is 1. The molecule has 0 unspecified atom stereocenters. The van der Waals surface area contributed by atoms with Gasteiger partial charge in [0.05, 0.1) is 17.0 Å². The maximum atomic E-state index is 12.7. The first-order chi connectivity index (χ1) is 15.3. The Morgan fingerprint density at radius 3 is 2.38 bits per heavy atom. The first-order valence-electron chi connectivity index (χ1n) is 10.1. The number of carbonyl (C=O) groups is 1. The quantitative estimate of drug-likeness (QED) is 0.568. The van der Waals surface area contributed by atoms with Crippen LogP contribution in [0.1, 0.15) is 11.3 Å². The largest absolute Gasteiger partial charge is 0.368 e. The van der Waals surface area contributed by atoms with Gasteiger partial charge in [0, 0.05) is 42.3 Å². The third kappa shape index (κ3) is 5.40. The van der Waals surface area contributed by atoms with Crippen LogP contribution in [-0.2, 0) is 21.2 Å². The van der Waals surface area contributed by atoms with Gasteiger partial charge in [-0.1, -0.05) is 29.3 Å². The van der Waals surface area contributed by atoms with Gasteiger partial charge < -0.3 is 9.80 Å². The van der Waals surface area contributed by atoms with Gasteiger partial charge in [0.25, 0.3) is 10.0 Å². The number of sulfonamides is 1. The highest BCUT2D eigenvalue weighted by molar-refractivity contribution is 7.93. The van der Waals surface area contributed by atoms with E-state index in [2.05, 4.69) is 14.6 Å². The van der Waals surface area contributed by atoms with Crippen LogP contribution >= 0.6 is 22.9 Å². The number of rotatable bonds is 6. The number of aryl methyl sites for hydroxylation is 1. The molecule has 1 aliphatic heterocycles. The van der Waals surface area contributed by atoms with Crippen LogP contribution in [0.15, 0.2) is 58.8 Å². The van der Waals surface area contributed by atoms with Gasteiger partial charge in [-0.2, -0.15) is 0 Å². The van der Waals surface area contributed by atoms with Crippen LogP contribution in [0, 0.1) is 6.92 Å². The molecule has 1 N–H and O–H groups in total. The van der Waals surface area contributed by atoms with Crippen molar-refractivity contribution in [3.8, 4) is 0 Å². The standard InChI is InChI=1S/C22H23ClN4O3S2/c1-16-2-8-20(9-3-16)32(29,30)25-22-24-18(15-31-22)14-21(28)27-12-10-26(11-13-27)19-6-4-17(23)5-7-19/h2-9,15H,10-14H2,1H3,(H,24,25). The van der Waals surface area contributed by atoms with E-state index in [-0.39, 0.29) is 22.4 Å². The number of hydrogen-bond donors (Lipinski definition) is 1. The van der Waals surface area contributed by atoms with Crippen molar-refractivity contribution < 1.29 is 13.2 Å². The van der Waals surface area contributed by atoms with E-state index in [1.807, 2.05) is 36.1 Å². The van der Waals surface area contributed by atoms with Gasteiger partial charge in [0.15, 0.2) is 5.13 Å². The zero-order chi connectivity index (χ0) is 22.7. The molecule has 32 heavy (non-hydrogen) atoms. The second kappa shape index (κ2) is 9.48. The summed E-state index contributed by atoms with van der Waals surface area (Å²) in [5.74, 6) is -0.0148. The summed E-state index contributed by atoms with van der Waals surface area (Å²) < 4.78 is 27.5.